The Labute approximate surface area is 51.3 Å². The Balaban J connectivity index is 0. The van der Waals surface area contributed by atoms with E-state index in [0.29, 0.717) is 6.54 Å². The van der Waals surface area contributed by atoms with Crippen LogP contribution < -0.4 is 5.32 Å². The molecule has 8 heavy (non-hydrogen) atoms. The van der Waals surface area contributed by atoms with Crippen LogP contribution in [-0.4, -0.2) is 20.3 Å². The first-order valence-corrected chi connectivity index (χ1v) is 3.04. The molecular formula is C6H16FN. The summed E-state index contributed by atoms with van der Waals surface area (Å²) < 4.78 is 10.9. The Bertz CT molecular complexity index is 22.5. The van der Waals surface area contributed by atoms with Gasteiger partial charge in [0.05, 0.1) is 0 Å². The molecule has 0 aromatic heterocycles. The van der Waals surface area contributed by atoms with Gasteiger partial charge in [-0.15, -0.1) is 0 Å². The maximum Gasteiger partial charge on any atom is 0.102 e. The molecule has 0 aliphatic rings. The van der Waals surface area contributed by atoms with E-state index in [2.05, 4.69) is 19.2 Å². The number of hydrogen-bond acceptors (Lipinski definition) is 1. The highest BCUT2D eigenvalue weighted by molar-refractivity contribution is 4.28. The molecule has 2 heteroatoms. The van der Waals surface area contributed by atoms with Gasteiger partial charge < -0.3 is 5.32 Å². The van der Waals surface area contributed by atoms with Gasteiger partial charge in [0, 0.05) is 6.54 Å². The van der Waals surface area contributed by atoms with E-state index < -0.39 is 0 Å². The molecule has 0 radical (unpaired) electrons. The summed E-state index contributed by atoms with van der Waals surface area (Å²) in [6.45, 7) is 4.45. The van der Waals surface area contributed by atoms with Crippen molar-refractivity contribution in [3.63, 3.8) is 0 Å². The lowest BCUT2D eigenvalue weighted by atomic mass is 10.6. The van der Waals surface area contributed by atoms with Crippen molar-refractivity contribution in [2.75, 3.05) is 20.3 Å². The Morgan fingerprint density at radius 3 is 1.75 bits per heavy atom. The number of nitrogens with one attached hydrogen (secondary N) is 1. The van der Waals surface area contributed by atoms with Gasteiger partial charge in [-0.3, -0.25) is 0 Å². The fourth-order valence-corrected chi connectivity index (χ4v) is 0.0945. The molecule has 52 valence electrons. The summed E-state index contributed by atoms with van der Waals surface area (Å²) >= 11 is 0. The van der Waals surface area contributed by atoms with Crippen molar-refractivity contribution in [2.45, 2.75) is 20.3 Å². The normalized spacial score (nSPS) is 7.50. The monoisotopic (exact) mass is 121 g/mol. The van der Waals surface area contributed by atoms with E-state index in [4.69, 9.17) is 0 Å². The molecule has 0 amide bonds. The summed E-state index contributed by atoms with van der Waals surface area (Å²) in [4.78, 5) is 0. The first-order chi connectivity index (χ1) is 3.83. The van der Waals surface area contributed by atoms with Crippen molar-refractivity contribution < 1.29 is 4.39 Å². The lowest BCUT2D eigenvalue weighted by molar-refractivity contribution is 0.481. The Hall–Kier alpha value is -0.110. The molecule has 0 saturated carbocycles. The molecule has 0 aliphatic carbocycles. The fraction of sp³-hybridized carbons (Fsp3) is 1.00. The molecular weight excluding hydrogens is 105 g/mol. The highest BCUT2D eigenvalue weighted by Crippen LogP contribution is 1.56. The maximum absolute atomic E-state index is 10.9. The largest absolute Gasteiger partial charge is 0.317 e. The van der Waals surface area contributed by atoms with E-state index in [1.807, 2.05) is 0 Å². The minimum atomic E-state index is -0.267. The zero-order valence-corrected chi connectivity index (χ0v) is 6.00. The first-order valence-electron chi connectivity index (χ1n) is 3.04. The number of rotatable bonds is 2. The van der Waals surface area contributed by atoms with Crippen LogP contribution in [-0.2, 0) is 0 Å². The highest BCUT2D eigenvalue weighted by atomic mass is 19.1. The molecule has 0 spiro atoms. The van der Waals surface area contributed by atoms with Gasteiger partial charge in [-0.25, -0.2) is 4.39 Å². The molecule has 0 heterocycles. The molecule has 1 N–H and O–H groups in total. The second-order valence-electron chi connectivity index (χ2n) is 1.50. The summed E-state index contributed by atoms with van der Waals surface area (Å²) in [6.07, 6.45) is 1.25. The van der Waals surface area contributed by atoms with E-state index in [1.54, 1.807) is 7.05 Å². The smallest absolute Gasteiger partial charge is 0.102 e. The van der Waals surface area contributed by atoms with Crippen molar-refractivity contribution in [2.24, 2.45) is 0 Å². The van der Waals surface area contributed by atoms with E-state index in [0.717, 1.165) is 0 Å². The molecule has 0 atom stereocenters. The third kappa shape index (κ3) is 39.4. The lowest BCUT2D eigenvalue weighted by Crippen LogP contribution is -2.08. The van der Waals surface area contributed by atoms with Crippen molar-refractivity contribution in [1.82, 2.24) is 5.32 Å². The second kappa shape index (κ2) is 15.8. The van der Waals surface area contributed by atoms with Crippen LogP contribution in [0, 0.1) is 0 Å². The number of alkyl halides is 1. The fourth-order valence-electron chi connectivity index (χ4n) is 0.0945. The average Bonchev–Trinajstić information content (AvgIpc) is 1.71. The first kappa shape index (κ1) is 10.8. The van der Waals surface area contributed by atoms with Crippen molar-refractivity contribution in [1.29, 1.82) is 0 Å². The second-order valence-corrected chi connectivity index (χ2v) is 1.50. The van der Waals surface area contributed by atoms with E-state index in [1.165, 1.54) is 6.42 Å². The van der Waals surface area contributed by atoms with Gasteiger partial charge in [-0.05, 0) is 7.05 Å². The summed E-state index contributed by atoms with van der Waals surface area (Å²) in [7, 11) is 1.72. The average molecular weight is 121 g/mol. The lowest BCUT2D eigenvalue weighted by Gasteiger charge is -1.82. The van der Waals surface area contributed by atoms with Crippen LogP contribution >= 0.6 is 0 Å². The molecule has 0 aromatic carbocycles. The van der Waals surface area contributed by atoms with Crippen LogP contribution in [0.25, 0.3) is 0 Å². The van der Waals surface area contributed by atoms with E-state index >= 15 is 0 Å². The summed E-state index contributed by atoms with van der Waals surface area (Å²) in [5, 5.41) is 2.64. The van der Waals surface area contributed by atoms with Crippen molar-refractivity contribution in [3.05, 3.63) is 0 Å². The van der Waals surface area contributed by atoms with Crippen LogP contribution in [0.1, 0.15) is 20.3 Å². The predicted octanol–water partition coefficient (Wildman–Crippen LogP) is 1.59. The van der Waals surface area contributed by atoms with Gasteiger partial charge in [-0.2, -0.15) is 0 Å². The zero-order valence-electron chi connectivity index (χ0n) is 6.00. The molecule has 0 fully saturated rings. The third-order valence-corrected chi connectivity index (χ3v) is 0.344. The minimum Gasteiger partial charge on any atom is -0.317 e. The van der Waals surface area contributed by atoms with Gasteiger partial charge in [0.1, 0.15) is 6.67 Å². The van der Waals surface area contributed by atoms with Gasteiger partial charge in [0.25, 0.3) is 0 Å². The van der Waals surface area contributed by atoms with Gasteiger partial charge >= 0.3 is 0 Å². The number of halogens is 1. The molecule has 0 rings (SSSR count). The van der Waals surface area contributed by atoms with Gasteiger partial charge in [-0.1, -0.05) is 20.3 Å². The Morgan fingerprint density at radius 2 is 1.75 bits per heavy atom. The van der Waals surface area contributed by atoms with Crippen LogP contribution in [0.5, 0.6) is 0 Å². The predicted molar refractivity (Wildman–Crippen MR) is 35.9 cm³/mol. The molecule has 0 aliphatic heterocycles. The Morgan fingerprint density at radius 1 is 1.38 bits per heavy atom. The third-order valence-electron chi connectivity index (χ3n) is 0.344. The molecule has 0 bridgehead atoms. The molecule has 0 saturated heterocycles. The summed E-state index contributed by atoms with van der Waals surface area (Å²) in [6, 6.07) is 0. The molecule has 1 nitrogen and oxygen atoms in total. The van der Waals surface area contributed by atoms with Crippen molar-refractivity contribution in [3.8, 4) is 0 Å². The van der Waals surface area contributed by atoms with E-state index in [9.17, 15) is 4.39 Å². The standard InChI is InChI=1S/C3H8FN.C3H8/c1-5-3-2-4;1-3-2/h5H,2-3H2,1H3;3H2,1-2H3. The Kier molecular flexibility index (Phi) is 21.3. The van der Waals surface area contributed by atoms with Crippen LogP contribution in [0.4, 0.5) is 4.39 Å². The van der Waals surface area contributed by atoms with Gasteiger partial charge in [0.15, 0.2) is 0 Å². The summed E-state index contributed by atoms with van der Waals surface area (Å²) in [5.74, 6) is 0. The maximum atomic E-state index is 10.9. The topological polar surface area (TPSA) is 12.0 Å². The van der Waals surface area contributed by atoms with Crippen molar-refractivity contribution >= 4 is 0 Å². The highest BCUT2D eigenvalue weighted by Gasteiger charge is 1.68. The van der Waals surface area contributed by atoms with Crippen LogP contribution in [0.3, 0.4) is 0 Å². The molecule has 0 unspecified atom stereocenters. The number of hydrogen-bond donors (Lipinski definition) is 1. The van der Waals surface area contributed by atoms with Crippen LogP contribution in [0.2, 0.25) is 0 Å². The minimum absolute atomic E-state index is 0.267. The zero-order chi connectivity index (χ0) is 6.83. The quantitative estimate of drug-likeness (QED) is 0.585. The SMILES string of the molecule is CCC.CNCCF. The molecule has 0 aromatic rings. The van der Waals surface area contributed by atoms with E-state index in [-0.39, 0.29) is 6.67 Å². The van der Waals surface area contributed by atoms with Crippen LogP contribution in [0.15, 0.2) is 0 Å². The summed E-state index contributed by atoms with van der Waals surface area (Å²) in [5.41, 5.74) is 0. The van der Waals surface area contributed by atoms with Gasteiger partial charge in [0.2, 0.25) is 0 Å².